The number of carbonyl (C=O) groups is 1. The van der Waals surface area contributed by atoms with Crippen LogP contribution in [0.1, 0.15) is 34.9 Å². The number of nitrogens with one attached hydrogen (secondary N) is 1. The summed E-state index contributed by atoms with van der Waals surface area (Å²) in [7, 11) is 1.66. The van der Waals surface area contributed by atoms with E-state index in [1.165, 1.54) is 0 Å². The number of hydrogen-bond donors (Lipinski definition) is 1. The van der Waals surface area contributed by atoms with Gasteiger partial charge in [-0.2, -0.15) is 5.10 Å². The predicted molar refractivity (Wildman–Crippen MR) is 97.9 cm³/mol. The Balaban J connectivity index is 1.58. The van der Waals surface area contributed by atoms with Gasteiger partial charge in [-0.05, 0) is 48.1 Å². The average Bonchev–Trinajstić information content (AvgIpc) is 3.41. The van der Waals surface area contributed by atoms with E-state index in [0.717, 1.165) is 41.3 Å². The van der Waals surface area contributed by atoms with Gasteiger partial charge < -0.3 is 9.64 Å². The molecule has 0 radical (unpaired) electrons. The Morgan fingerprint density at radius 1 is 1.32 bits per heavy atom. The summed E-state index contributed by atoms with van der Waals surface area (Å²) in [6.07, 6.45) is 1.96. The van der Waals surface area contributed by atoms with Crippen LogP contribution in [0.5, 0.6) is 5.75 Å². The molecule has 1 atom stereocenters. The van der Waals surface area contributed by atoms with Crippen molar-refractivity contribution in [3.05, 3.63) is 59.1 Å². The Morgan fingerprint density at radius 2 is 2.24 bits per heavy atom. The summed E-state index contributed by atoms with van der Waals surface area (Å²) in [5.74, 6) is 0.793. The van der Waals surface area contributed by atoms with Gasteiger partial charge in [-0.25, -0.2) is 0 Å². The third-order valence-corrected chi connectivity index (χ3v) is 5.48. The fourth-order valence-electron chi connectivity index (χ4n) is 3.34. The topological polar surface area (TPSA) is 58.2 Å². The largest absolute Gasteiger partial charge is 0.497 e. The van der Waals surface area contributed by atoms with E-state index in [4.69, 9.17) is 4.74 Å². The summed E-state index contributed by atoms with van der Waals surface area (Å²) >= 11 is 1.62. The number of rotatable bonds is 4. The van der Waals surface area contributed by atoms with Gasteiger partial charge in [-0.3, -0.25) is 9.89 Å². The molecule has 1 unspecified atom stereocenters. The number of ether oxygens (including phenoxy) is 1. The molecule has 1 aromatic carbocycles. The van der Waals surface area contributed by atoms with Crippen molar-refractivity contribution in [3.63, 3.8) is 0 Å². The number of benzene rings is 1. The Kier molecular flexibility index (Phi) is 4.28. The molecular weight excluding hydrogens is 334 g/mol. The van der Waals surface area contributed by atoms with E-state index < -0.39 is 0 Å². The van der Waals surface area contributed by atoms with E-state index >= 15 is 0 Å². The zero-order valence-electron chi connectivity index (χ0n) is 13.9. The molecule has 1 saturated heterocycles. The van der Waals surface area contributed by atoms with E-state index in [1.807, 2.05) is 46.7 Å². The van der Waals surface area contributed by atoms with Crippen molar-refractivity contribution in [2.75, 3.05) is 13.7 Å². The number of amides is 1. The first kappa shape index (κ1) is 15.9. The molecule has 5 nitrogen and oxygen atoms in total. The number of likely N-dealkylation sites (tertiary alicyclic amines) is 1. The summed E-state index contributed by atoms with van der Waals surface area (Å²) in [4.78, 5) is 16.0. The van der Waals surface area contributed by atoms with Crippen LogP contribution in [-0.4, -0.2) is 34.7 Å². The Bertz CT molecular complexity index is 872. The summed E-state index contributed by atoms with van der Waals surface area (Å²) in [6, 6.07) is 13.9. The van der Waals surface area contributed by atoms with Crippen molar-refractivity contribution in [1.29, 1.82) is 0 Å². The lowest BCUT2D eigenvalue weighted by atomic mass is 10.0. The second-order valence-electron chi connectivity index (χ2n) is 6.08. The molecule has 1 fully saturated rings. The minimum Gasteiger partial charge on any atom is -0.497 e. The zero-order valence-corrected chi connectivity index (χ0v) is 14.8. The molecular formula is C19H19N3O2S. The molecule has 1 N–H and O–H groups in total. The maximum Gasteiger partial charge on any atom is 0.274 e. The number of thiophene rings is 1. The van der Waals surface area contributed by atoms with Crippen LogP contribution in [0.3, 0.4) is 0 Å². The molecule has 1 aliphatic rings. The SMILES string of the molecule is COc1cccc(C2CCCN2C(=O)c2cc(-c3cccs3)[nH]n2)c1. The molecule has 1 aliphatic heterocycles. The van der Waals surface area contributed by atoms with Gasteiger partial charge >= 0.3 is 0 Å². The summed E-state index contributed by atoms with van der Waals surface area (Å²) < 4.78 is 5.32. The van der Waals surface area contributed by atoms with Gasteiger partial charge in [0.1, 0.15) is 5.75 Å². The number of carbonyl (C=O) groups excluding carboxylic acids is 1. The van der Waals surface area contributed by atoms with E-state index in [9.17, 15) is 4.79 Å². The van der Waals surface area contributed by atoms with Crippen LogP contribution < -0.4 is 4.74 Å². The highest BCUT2D eigenvalue weighted by Gasteiger charge is 2.32. The monoisotopic (exact) mass is 353 g/mol. The number of H-pyrrole nitrogens is 1. The Labute approximate surface area is 150 Å². The fraction of sp³-hybridized carbons (Fsp3) is 0.263. The summed E-state index contributed by atoms with van der Waals surface area (Å²) in [6.45, 7) is 0.752. The molecule has 6 heteroatoms. The Hall–Kier alpha value is -2.60. The van der Waals surface area contributed by atoms with Crippen molar-refractivity contribution < 1.29 is 9.53 Å². The lowest BCUT2D eigenvalue weighted by Gasteiger charge is -2.24. The molecule has 0 saturated carbocycles. The van der Waals surface area contributed by atoms with E-state index in [1.54, 1.807) is 18.4 Å². The van der Waals surface area contributed by atoms with Gasteiger partial charge in [-0.1, -0.05) is 18.2 Å². The molecule has 2 aromatic heterocycles. The van der Waals surface area contributed by atoms with Gasteiger partial charge in [0, 0.05) is 6.54 Å². The summed E-state index contributed by atoms with van der Waals surface area (Å²) in [5.41, 5.74) is 2.47. The third-order valence-electron chi connectivity index (χ3n) is 4.58. The molecule has 0 bridgehead atoms. The summed E-state index contributed by atoms with van der Waals surface area (Å²) in [5, 5.41) is 9.23. The normalized spacial score (nSPS) is 17.0. The molecule has 4 rings (SSSR count). The number of aromatic nitrogens is 2. The van der Waals surface area contributed by atoms with Crippen LogP contribution in [-0.2, 0) is 0 Å². The smallest absolute Gasteiger partial charge is 0.274 e. The minimum atomic E-state index is -0.0237. The van der Waals surface area contributed by atoms with Crippen molar-refractivity contribution in [3.8, 4) is 16.3 Å². The average molecular weight is 353 g/mol. The Morgan fingerprint density at radius 3 is 3.04 bits per heavy atom. The predicted octanol–water partition coefficient (Wildman–Crippen LogP) is 4.12. The van der Waals surface area contributed by atoms with Crippen LogP contribution in [0.25, 0.3) is 10.6 Å². The maximum atomic E-state index is 13.0. The minimum absolute atomic E-state index is 0.0237. The first-order valence-electron chi connectivity index (χ1n) is 8.30. The molecule has 1 amide bonds. The van der Waals surface area contributed by atoms with Crippen LogP contribution in [0.15, 0.2) is 47.8 Å². The second-order valence-corrected chi connectivity index (χ2v) is 7.03. The molecule has 25 heavy (non-hydrogen) atoms. The van der Waals surface area contributed by atoms with Crippen molar-refractivity contribution in [1.82, 2.24) is 15.1 Å². The molecule has 0 aliphatic carbocycles. The highest BCUT2D eigenvalue weighted by atomic mass is 32.1. The first-order valence-corrected chi connectivity index (χ1v) is 9.18. The third kappa shape index (κ3) is 3.05. The molecule has 3 aromatic rings. The van der Waals surface area contributed by atoms with Crippen LogP contribution >= 0.6 is 11.3 Å². The van der Waals surface area contributed by atoms with E-state index in [2.05, 4.69) is 16.3 Å². The van der Waals surface area contributed by atoms with Gasteiger partial charge in [-0.15, -0.1) is 11.3 Å². The van der Waals surface area contributed by atoms with Crippen molar-refractivity contribution >= 4 is 17.2 Å². The van der Waals surface area contributed by atoms with E-state index in [0.29, 0.717) is 5.69 Å². The van der Waals surface area contributed by atoms with Gasteiger partial charge in [0.15, 0.2) is 5.69 Å². The van der Waals surface area contributed by atoms with Gasteiger partial charge in [0.05, 0.1) is 23.7 Å². The number of hydrogen-bond acceptors (Lipinski definition) is 4. The van der Waals surface area contributed by atoms with Crippen molar-refractivity contribution in [2.45, 2.75) is 18.9 Å². The van der Waals surface area contributed by atoms with E-state index in [-0.39, 0.29) is 11.9 Å². The lowest BCUT2D eigenvalue weighted by Crippen LogP contribution is -2.30. The van der Waals surface area contributed by atoms with Gasteiger partial charge in [0.25, 0.3) is 5.91 Å². The molecule has 0 spiro atoms. The number of aromatic amines is 1. The second kappa shape index (κ2) is 6.72. The first-order chi connectivity index (χ1) is 12.3. The highest BCUT2D eigenvalue weighted by molar-refractivity contribution is 7.13. The van der Waals surface area contributed by atoms with Crippen LogP contribution in [0, 0.1) is 0 Å². The molecule has 128 valence electrons. The quantitative estimate of drug-likeness (QED) is 0.767. The fourth-order valence-corrected chi connectivity index (χ4v) is 4.03. The van der Waals surface area contributed by atoms with Crippen LogP contribution in [0.4, 0.5) is 0 Å². The molecule has 3 heterocycles. The number of methoxy groups -OCH3 is 1. The van der Waals surface area contributed by atoms with Crippen LogP contribution in [0.2, 0.25) is 0 Å². The lowest BCUT2D eigenvalue weighted by molar-refractivity contribution is 0.0729. The maximum absolute atomic E-state index is 13.0. The van der Waals surface area contributed by atoms with Gasteiger partial charge in [0.2, 0.25) is 0 Å². The zero-order chi connectivity index (χ0) is 17.2. The highest BCUT2D eigenvalue weighted by Crippen LogP contribution is 2.34. The number of nitrogens with zero attached hydrogens (tertiary/aromatic N) is 2. The standard InChI is InChI=1S/C19H19N3O2S/c1-24-14-6-2-5-13(11-14)17-7-3-9-22(17)19(23)16-12-15(20-21-16)18-8-4-10-25-18/h2,4-6,8,10-12,17H,3,7,9H2,1H3,(H,20,21). The van der Waals surface area contributed by atoms with Crippen molar-refractivity contribution in [2.24, 2.45) is 0 Å².